The van der Waals surface area contributed by atoms with E-state index >= 15 is 0 Å². The number of hydrogen-bond donors (Lipinski definition) is 0. The van der Waals surface area contributed by atoms with Gasteiger partial charge < -0.3 is 4.74 Å². The lowest BCUT2D eigenvalue weighted by Crippen LogP contribution is -2.40. The first kappa shape index (κ1) is 14.8. The van der Waals surface area contributed by atoms with Crippen LogP contribution >= 0.6 is 15.9 Å². The van der Waals surface area contributed by atoms with Crippen molar-refractivity contribution in [2.24, 2.45) is 0 Å². The van der Waals surface area contributed by atoms with Crippen LogP contribution in [-0.2, 0) is 6.54 Å². The maximum Gasteiger partial charge on any atom is 0.169 e. The highest BCUT2D eigenvalue weighted by Crippen LogP contribution is 2.29. The minimum Gasteiger partial charge on any atom is -0.494 e. The van der Waals surface area contributed by atoms with Gasteiger partial charge in [-0.2, -0.15) is 0 Å². The number of rotatable bonds is 4. The Morgan fingerprint density at radius 3 is 2.79 bits per heavy atom. The lowest BCUT2D eigenvalue weighted by atomic mass is 9.94. The van der Waals surface area contributed by atoms with E-state index in [-0.39, 0.29) is 5.82 Å². The Morgan fingerprint density at radius 1 is 1.37 bits per heavy atom. The minimum absolute atomic E-state index is 0.237. The van der Waals surface area contributed by atoms with Gasteiger partial charge in [-0.3, -0.25) is 4.90 Å². The third-order valence-corrected chi connectivity index (χ3v) is 4.96. The highest BCUT2D eigenvalue weighted by atomic mass is 79.9. The molecule has 2 atom stereocenters. The van der Waals surface area contributed by atoms with E-state index in [2.05, 4.69) is 27.9 Å². The van der Waals surface area contributed by atoms with Crippen molar-refractivity contribution in [3.05, 3.63) is 29.6 Å². The zero-order valence-electron chi connectivity index (χ0n) is 11.5. The number of methoxy groups -OCH3 is 1. The highest BCUT2D eigenvalue weighted by Gasteiger charge is 2.26. The zero-order chi connectivity index (χ0) is 13.8. The van der Waals surface area contributed by atoms with E-state index in [4.69, 9.17) is 4.74 Å². The van der Waals surface area contributed by atoms with Crippen molar-refractivity contribution in [2.45, 2.75) is 43.1 Å². The molecule has 0 aliphatic heterocycles. The molecule has 0 saturated heterocycles. The van der Waals surface area contributed by atoms with Gasteiger partial charge in [-0.1, -0.05) is 40.9 Å². The second-order valence-corrected chi connectivity index (χ2v) is 6.39. The summed E-state index contributed by atoms with van der Waals surface area (Å²) in [6.07, 6.45) is 4.93. The van der Waals surface area contributed by atoms with Gasteiger partial charge in [0.2, 0.25) is 0 Å². The van der Waals surface area contributed by atoms with Gasteiger partial charge in [-0.15, -0.1) is 0 Å². The van der Waals surface area contributed by atoms with E-state index in [0.717, 1.165) is 0 Å². The Kier molecular flexibility index (Phi) is 5.22. The summed E-state index contributed by atoms with van der Waals surface area (Å²) in [5.41, 5.74) is 0.701. The normalized spacial score (nSPS) is 23.6. The quantitative estimate of drug-likeness (QED) is 0.775. The lowest BCUT2D eigenvalue weighted by molar-refractivity contribution is 0.190. The fourth-order valence-electron chi connectivity index (χ4n) is 2.78. The molecule has 1 fully saturated rings. The van der Waals surface area contributed by atoms with Crippen molar-refractivity contribution in [3.63, 3.8) is 0 Å². The molecule has 106 valence electrons. The molecule has 0 aromatic heterocycles. The van der Waals surface area contributed by atoms with Gasteiger partial charge in [0.25, 0.3) is 0 Å². The smallest absolute Gasteiger partial charge is 0.169 e. The summed E-state index contributed by atoms with van der Waals surface area (Å²) in [7, 11) is 3.57. The van der Waals surface area contributed by atoms with Crippen LogP contribution in [0.15, 0.2) is 18.2 Å². The molecule has 0 heterocycles. The highest BCUT2D eigenvalue weighted by molar-refractivity contribution is 9.09. The van der Waals surface area contributed by atoms with Crippen molar-refractivity contribution in [3.8, 4) is 5.75 Å². The molecule has 1 aromatic carbocycles. The van der Waals surface area contributed by atoms with E-state index in [0.29, 0.717) is 28.7 Å². The Labute approximate surface area is 123 Å². The SMILES string of the molecule is COc1cccc(CN(C)C2CCCCC2Br)c1F. The van der Waals surface area contributed by atoms with Crippen LogP contribution in [0.25, 0.3) is 0 Å². The zero-order valence-corrected chi connectivity index (χ0v) is 13.1. The monoisotopic (exact) mass is 329 g/mol. The van der Waals surface area contributed by atoms with Gasteiger partial charge in [0, 0.05) is 23.0 Å². The molecule has 2 unspecified atom stereocenters. The molecule has 0 N–H and O–H groups in total. The van der Waals surface area contributed by atoms with Crippen molar-refractivity contribution < 1.29 is 9.13 Å². The number of alkyl halides is 1. The molecular formula is C15H21BrFNO. The van der Waals surface area contributed by atoms with Crippen LogP contribution in [0.5, 0.6) is 5.75 Å². The van der Waals surface area contributed by atoms with Crippen LogP contribution in [0.1, 0.15) is 31.2 Å². The predicted octanol–water partition coefficient (Wildman–Crippen LogP) is 3.97. The summed E-state index contributed by atoms with van der Waals surface area (Å²) in [4.78, 5) is 2.76. The van der Waals surface area contributed by atoms with Crippen LogP contribution in [0.2, 0.25) is 0 Å². The molecule has 4 heteroatoms. The van der Waals surface area contributed by atoms with Gasteiger partial charge >= 0.3 is 0 Å². The summed E-state index contributed by atoms with van der Waals surface area (Å²) in [6.45, 7) is 0.621. The van der Waals surface area contributed by atoms with Gasteiger partial charge in [0.05, 0.1) is 7.11 Å². The maximum absolute atomic E-state index is 14.1. The van der Waals surface area contributed by atoms with E-state index in [1.807, 2.05) is 12.1 Å². The summed E-state index contributed by atoms with van der Waals surface area (Å²) in [6, 6.07) is 5.82. The van der Waals surface area contributed by atoms with Gasteiger partial charge in [0.15, 0.2) is 11.6 Å². The van der Waals surface area contributed by atoms with E-state index in [1.54, 1.807) is 6.07 Å². The minimum atomic E-state index is -0.237. The first-order valence-corrected chi connectivity index (χ1v) is 7.70. The molecule has 1 aliphatic rings. The van der Waals surface area contributed by atoms with Gasteiger partial charge in [-0.25, -0.2) is 4.39 Å². The van der Waals surface area contributed by atoms with E-state index < -0.39 is 0 Å². The van der Waals surface area contributed by atoms with Crippen LogP contribution in [0, 0.1) is 5.82 Å². The first-order chi connectivity index (χ1) is 9.13. The molecule has 2 rings (SSSR count). The average molecular weight is 330 g/mol. The molecule has 0 bridgehead atoms. The van der Waals surface area contributed by atoms with Crippen molar-refractivity contribution in [1.82, 2.24) is 4.90 Å². The lowest BCUT2D eigenvalue weighted by Gasteiger charge is -2.35. The molecule has 1 aromatic rings. The van der Waals surface area contributed by atoms with Crippen LogP contribution in [0.3, 0.4) is 0 Å². The molecular weight excluding hydrogens is 309 g/mol. The summed E-state index contributed by atoms with van der Waals surface area (Å²) >= 11 is 3.76. The van der Waals surface area contributed by atoms with Crippen molar-refractivity contribution in [2.75, 3.05) is 14.2 Å². The van der Waals surface area contributed by atoms with E-state index in [9.17, 15) is 4.39 Å². The largest absolute Gasteiger partial charge is 0.494 e. The molecule has 1 saturated carbocycles. The number of ether oxygens (including phenoxy) is 1. The van der Waals surface area contributed by atoms with Crippen molar-refractivity contribution in [1.29, 1.82) is 0 Å². The Bertz CT molecular complexity index is 427. The molecule has 1 aliphatic carbocycles. The number of nitrogens with zero attached hydrogens (tertiary/aromatic N) is 1. The van der Waals surface area contributed by atoms with E-state index in [1.165, 1.54) is 32.8 Å². The van der Waals surface area contributed by atoms with Crippen LogP contribution < -0.4 is 4.74 Å². The van der Waals surface area contributed by atoms with Crippen LogP contribution in [-0.4, -0.2) is 29.9 Å². The Morgan fingerprint density at radius 2 is 2.11 bits per heavy atom. The summed E-state index contributed by atoms with van der Waals surface area (Å²) in [5.74, 6) is 0.0868. The first-order valence-electron chi connectivity index (χ1n) is 6.79. The van der Waals surface area contributed by atoms with Gasteiger partial charge in [0.1, 0.15) is 0 Å². The second-order valence-electron chi connectivity index (χ2n) is 5.22. The Balaban J connectivity index is 2.08. The van der Waals surface area contributed by atoms with Crippen molar-refractivity contribution >= 4 is 15.9 Å². The molecule has 0 radical (unpaired) electrons. The maximum atomic E-state index is 14.1. The summed E-state index contributed by atoms with van der Waals surface area (Å²) in [5, 5.41) is 0. The molecule has 2 nitrogen and oxygen atoms in total. The fraction of sp³-hybridized carbons (Fsp3) is 0.600. The third kappa shape index (κ3) is 3.48. The Hall–Kier alpha value is -0.610. The predicted molar refractivity (Wildman–Crippen MR) is 79.4 cm³/mol. The number of halogens is 2. The number of hydrogen-bond acceptors (Lipinski definition) is 2. The second kappa shape index (κ2) is 6.71. The third-order valence-electron chi connectivity index (χ3n) is 3.90. The molecule has 19 heavy (non-hydrogen) atoms. The van der Waals surface area contributed by atoms with Gasteiger partial charge in [-0.05, 0) is 26.0 Å². The average Bonchev–Trinajstić information content (AvgIpc) is 2.41. The van der Waals surface area contributed by atoms with Crippen LogP contribution in [0.4, 0.5) is 4.39 Å². The topological polar surface area (TPSA) is 12.5 Å². The number of benzene rings is 1. The molecule has 0 spiro atoms. The standard InChI is InChI=1S/C15H21BrFNO/c1-18(13-8-4-3-7-12(13)16)10-11-6-5-9-14(19-2)15(11)17/h5-6,9,12-13H,3-4,7-8,10H2,1-2H3. The molecule has 0 amide bonds. The fourth-order valence-corrected chi connectivity index (χ4v) is 3.78. The summed E-state index contributed by atoms with van der Waals surface area (Å²) < 4.78 is 19.2.